The number of ether oxygens (including phenoxy) is 1. The molecular formula is C11H16O3S. The van der Waals surface area contributed by atoms with Gasteiger partial charge in [0.2, 0.25) is 0 Å². The quantitative estimate of drug-likeness (QED) is 0.678. The van der Waals surface area contributed by atoms with Crippen LogP contribution in [0.2, 0.25) is 0 Å². The Bertz CT molecular complexity index is 327. The lowest BCUT2D eigenvalue weighted by molar-refractivity contribution is -0.147. The summed E-state index contributed by atoms with van der Waals surface area (Å²) < 4.78 is 17.2. The van der Waals surface area contributed by atoms with Crippen molar-refractivity contribution in [3.63, 3.8) is 0 Å². The second-order valence-corrected chi connectivity index (χ2v) is 5.83. The summed E-state index contributed by atoms with van der Waals surface area (Å²) in [5.41, 5.74) is -0.504. The van der Waals surface area contributed by atoms with Crippen LogP contribution in [0.25, 0.3) is 0 Å². The molecule has 1 aliphatic carbocycles. The van der Waals surface area contributed by atoms with E-state index < -0.39 is 16.4 Å². The molecule has 0 bridgehead atoms. The van der Waals surface area contributed by atoms with Crippen LogP contribution in [0, 0.1) is 0 Å². The van der Waals surface area contributed by atoms with Gasteiger partial charge in [-0.25, -0.2) is 4.79 Å². The van der Waals surface area contributed by atoms with Crippen LogP contribution in [-0.2, 0) is 20.3 Å². The molecule has 15 heavy (non-hydrogen) atoms. The molecule has 1 heterocycles. The zero-order valence-corrected chi connectivity index (χ0v) is 9.77. The Morgan fingerprint density at radius 3 is 2.67 bits per heavy atom. The molecule has 0 aromatic carbocycles. The summed E-state index contributed by atoms with van der Waals surface area (Å²) >= 11 is 0. The van der Waals surface area contributed by atoms with Crippen molar-refractivity contribution < 1.29 is 13.7 Å². The van der Waals surface area contributed by atoms with Crippen molar-refractivity contribution in [1.29, 1.82) is 0 Å². The zero-order chi connectivity index (χ0) is 10.9. The van der Waals surface area contributed by atoms with E-state index in [1.807, 2.05) is 6.92 Å². The monoisotopic (exact) mass is 228 g/mol. The highest BCUT2D eigenvalue weighted by Crippen LogP contribution is 2.42. The Labute approximate surface area is 92.3 Å². The van der Waals surface area contributed by atoms with Gasteiger partial charge < -0.3 is 4.74 Å². The number of carbonyl (C=O) groups is 1. The van der Waals surface area contributed by atoms with Crippen LogP contribution in [0.1, 0.15) is 39.0 Å². The van der Waals surface area contributed by atoms with Crippen LogP contribution in [0.4, 0.5) is 0 Å². The molecule has 0 aromatic rings. The number of hydrogen-bond acceptors (Lipinski definition) is 3. The molecular weight excluding hydrogens is 212 g/mol. The lowest BCUT2D eigenvalue weighted by Gasteiger charge is -2.33. The first-order valence-corrected chi connectivity index (χ1v) is 6.83. The molecule has 0 amide bonds. The van der Waals surface area contributed by atoms with Gasteiger partial charge in [0.05, 0.1) is 15.7 Å². The first-order chi connectivity index (χ1) is 7.18. The van der Waals surface area contributed by atoms with Crippen LogP contribution in [-0.4, -0.2) is 21.5 Å². The lowest BCUT2D eigenvalue weighted by Crippen LogP contribution is -2.36. The molecule has 1 fully saturated rings. The van der Waals surface area contributed by atoms with Gasteiger partial charge in [0.1, 0.15) is 5.60 Å². The fourth-order valence-electron chi connectivity index (χ4n) is 2.41. The predicted octanol–water partition coefficient (Wildman–Crippen LogP) is 1.90. The average molecular weight is 228 g/mol. The van der Waals surface area contributed by atoms with Crippen LogP contribution in [0.15, 0.2) is 11.0 Å². The molecule has 4 heteroatoms. The van der Waals surface area contributed by atoms with Crippen molar-refractivity contribution in [1.82, 2.24) is 0 Å². The van der Waals surface area contributed by atoms with Crippen molar-refractivity contribution in [2.45, 2.75) is 44.6 Å². The van der Waals surface area contributed by atoms with E-state index in [2.05, 4.69) is 0 Å². The van der Waals surface area contributed by atoms with Gasteiger partial charge in [0, 0.05) is 11.8 Å². The van der Waals surface area contributed by atoms with E-state index in [1.165, 1.54) is 12.5 Å². The molecule has 1 spiro atoms. The third-order valence-corrected chi connectivity index (χ3v) is 4.67. The molecule has 0 aromatic heterocycles. The summed E-state index contributed by atoms with van der Waals surface area (Å²) in [6.07, 6.45) is 6.44. The normalized spacial score (nSPS) is 26.2. The SMILES string of the molecule is CCS(=O)C1=CC(=O)OC12CCCCC2. The van der Waals surface area contributed by atoms with Crippen LogP contribution in [0.3, 0.4) is 0 Å². The smallest absolute Gasteiger partial charge is 0.332 e. The molecule has 1 atom stereocenters. The molecule has 0 N–H and O–H groups in total. The molecule has 2 aliphatic rings. The molecule has 3 nitrogen and oxygen atoms in total. The Morgan fingerprint density at radius 1 is 1.40 bits per heavy atom. The summed E-state index contributed by atoms with van der Waals surface area (Å²) in [5, 5.41) is 0. The Kier molecular flexibility index (Phi) is 2.96. The average Bonchev–Trinajstić information content (AvgIpc) is 2.55. The van der Waals surface area contributed by atoms with Crippen LogP contribution >= 0.6 is 0 Å². The third-order valence-electron chi connectivity index (χ3n) is 3.16. The summed E-state index contributed by atoms with van der Waals surface area (Å²) in [6.45, 7) is 1.87. The Morgan fingerprint density at radius 2 is 2.07 bits per heavy atom. The summed E-state index contributed by atoms with van der Waals surface area (Å²) in [7, 11) is -1.04. The van der Waals surface area contributed by atoms with Gasteiger partial charge in [0.15, 0.2) is 0 Å². The van der Waals surface area contributed by atoms with E-state index in [-0.39, 0.29) is 5.97 Å². The Balaban J connectivity index is 2.28. The molecule has 1 unspecified atom stereocenters. The van der Waals surface area contributed by atoms with Crippen LogP contribution in [0.5, 0.6) is 0 Å². The highest BCUT2D eigenvalue weighted by molar-refractivity contribution is 7.89. The third kappa shape index (κ3) is 1.87. The van der Waals surface area contributed by atoms with Gasteiger partial charge in [-0.2, -0.15) is 0 Å². The number of esters is 1. The van der Waals surface area contributed by atoms with E-state index in [1.54, 1.807) is 0 Å². The van der Waals surface area contributed by atoms with Gasteiger partial charge in [-0.3, -0.25) is 4.21 Å². The summed E-state index contributed by atoms with van der Waals surface area (Å²) in [4.78, 5) is 12.0. The topological polar surface area (TPSA) is 43.4 Å². The molecule has 0 saturated heterocycles. The molecule has 1 saturated carbocycles. The molecule has 2 rings (SSSR count). The van der Waals surface area contributed by atoms with E-state index in [0.29, 0.717) is 5.75 Å². The second kappa shape index (κ2) is 4.08. The fourth-order valence-corrected chi connectivity index (χ4v) is 3.61. The standard InChI is InChI=1S/C11H16O3S/c1-2-15(13)9-8-10(12)14-11(9)6-4-3-5-7-11/h8H,2-7H2,1H3. The largest absolute Gasteiger partial charge is 0.450 e. The minimum atomic E-state index is -1.04. The van der Waals surface area contributed by atoms with Gasteiger partial charge in [-0.1, -0.05) is 13.3 Å². The maximum atomic E-state index is 11.8. The number of rotatable bonds is 2. The summed E-state index contributed by atoms with van der Waals surface area (Å²) in [5.74, 6) is 0.248. The van der Waals surface area contributed by atoms with E-state index in [9.17, 15) is 9.00 Å². The fraction of sp³-hybridized carbons (Fsp3) is 0.727. The minimum absolute atomic E-state index is 0.311. The predicted molar refractivity (Wildman–Crippen MR) is 58.7 cm³/mol. The highest BCUT2D eigenvalue weighted by Gasteiger charge is 2.45. The molecule has 84 valence electrons. The van der Waals surface area contributed by atoms with Gasteiger partial charge in [0.25, 0.3) is 0 Å². The lowest BCUT2D eigenvalue weighted by atomic mass is 9.85. The first-order valence-electron chi connectivity index (χ1n) is 5.51. The maximum absolute atomic E-state index is 11.8. The van der Waals surface area contributed by atoms with Crippen molar-refractivity contribution in [3.8, 4) is 0 Å². The van der Waals surface area contributed by atoms with Crippen molar-refractivity contribution >= 4 is 16.8 Å². The second-order valence-electron chi connectivity index (χ2n) is 4.12. The van der Waals surface area contributed by atoms with Crippen molar-refractivity contribution in [3.05, 3.63) is 11.0 Å². The minimum Gasteiger partial charge on any atom is -0.450 e. The van der Waals surface area contributed by atoms with Gasteiger partial charge in [-0.05, 0) is 25.7 Å². The Hall–Kier alpha value is -0.640. The number of hydrogen-bond donors (Lipinski definition) is 0. The van der Waals surface area contributed by atoms with E-state index in [4.69, 9.17) is 4.74 Å². The van der Waals surface area contributed by atoms with Gasteiger partial charge in [-0.15, -0.1) is 0 Å². The van der Waals surface area contributed by atoms with Crippen LogP contribution < -0.4 is 0 Å². The first kappa shape index (κ1) is 10.9. The van der Waals surface area contributed by atoms with Crippen molar-refractivity contribution in [2.24, 2.45) is 0 Å². The zero-order valence-electron chi connectivity index (χ0n) is 8.95. The van der Waals surface area contributed by atoms with E-state index >= 15 is 0 Å². The van der Waals surface area contributed by atoms with E-state index in [0.717, 1.165) is 30.6 Å². The molecule has 0 radical (unpaired) electrons. The maximum Gasteiger partial charge on any atom is 0.332 e. The number of carbonyl (C=O) groups excluding carboxylic acids is 1. The summed E-state index contributed by atoms with van der Waals surface area (Å²) in [6, 6.07) is 0. The molecule has 1 aliphatic heterocycles. The highest BCUT2D eigenvalue weighted by atomic mass is 32.2. The van der Waals surface area contributed by atoms with Gasteiger partial charge >= 0.3 is 5.97 Å². The van der Waals surface area contributed by atoms with Crippen molar-refractivity contribution in [2.75, 3.05) is 5.75 Å².